The molecule has 0 radical (unpaired) electrons. The zero-order valence-corrected chi connectivity index (χ0v) is 14.6. The van der Waals surface area contributed by atoms with Gasteiger partial charge >= 0.3 is 6.18 Å². The van der Waals surface area contributed by atoms with E-state index in [1.807, 2.05) is 0 Å². The molecule has 0 unspecified atom stereocenters. The summed E-state index contributed by atoms with van der Waals surface area (Å²) in [4.78, 5) is 12.4. The standard InChI is InChI=1S/C18H18F3N3O3/c1-24-10-12(15(23-24)18(19,20)21)16(25)22-11-5-6-13-14(9-11)27-17(26-13)7-3-2-4-8-17/h5-6,9-10H,2-4,7-8H2,1H3,(H,22,25). The maximum absolute atomic E-state index is 13.1. The Bertz CT molecular complexity index is 886. The van der Waals surface area contributed by atoms with Crippen molar-refractivity contribution < 1.29 is 27.4 Å². The van der Waals surface area contributed by atoms with Crippen molar-refractivity contribution in [1.29, 1.82) is 0 Å². The van der Waals surface area contributed by atoms with Crippen molar-refractivity contribution >= 4 is 11.6 Å². The lowest BCUT2D eigenvalue weighted by Gasteiger charge is -2.31. The van der Waals surface area contributed by atoms with Gasteiger partial charge in [-0.05, 0) is 25.0 Å². The summed E-state index contributed by atoms with van der Waals surface area (Å²) < 4.78 is 52.0. The predicted octanol–water partition coefficient (Wildman–Crippen LogP) is 4.12. The first kappa shape index (κ1) is 17.7. The van der Waals surface area contributed by atoms with E-state index in [1.54, 1.807) is 18.2 Å². The van der Waals surface area contributed by atoms with Crippen molar-refractivity contribution in [2.45, 2.75) is 44.1 Å². The summed E-state index contributed by atoms with van der Waals surface area (Å²) in [7, 11) is 1.33. The van der Waals surface area contributed by atoms with Crippen LogP contribution >= 0.6 is 0 Å². The Balaban J connectivity index is 1.54. The van der Waals surface area contributed by atoms with E-state index in [4.69, 9.17) is 9.47 Å². The van der Waals surface area contributed by atoms with E-state index >= 15 is 0 Å². The van der Waals surface area contributed by atoms with Gasteiger partial charge in [-0.3, -0.25) is 9.48 Å². The van der Waals surface area contributed by atoms with Crippen molar-refractivity contribution in [1.82, 2.24) is 9.78 Å². The number of benzene rings is 1. The third-order valence-electron chi connectivity index (χ3n) is 4.75. The zero-order valence-electron chi connectivity index (χ0n) is 14.6. The molecule has 2 heterocycles. The number of carbonyl (C=O) groups excluding carboxylic acids is 1. The Kier molecular flexibility index (Phi) is 4.05. The van der Waals surface area contributed by atoms with Crippen LogP contribution in [0.25, 0.3) is 0 Å². The number of alkyl halides is 3. The summed E-state index contributed by atoms with van der Waals surface area (Å²) in [5, 5.41) is 5.82. The molecule has 1 saturated carbocycles. The minimum Gasteiger partial charge on any atom is -0.448 e. The SMILES string of the molecule is Cn1cc(C(=O)Nc2ccc3c(c2)OC2(CCCCC2)O3)c(C(F)(F)F)n1. The van der Waals surface area contributed by atoms with Crippen LogP contribution < -0.4 is 14.8 Å². The molecule has 1 spiro atoms. The second-order valence-electron chi connectivity index (χ2n) is 6.85. The number of aromatic nitrogens is 2. The van der Waals surface area contributed by atoms with Crippen LogP contribution in [-0.4, -0.2) is 21.5 Å². The van der Waals surface area contributed by atoms with E-state index in [2.05, 4.69) is 10.4 Å². The Hall–Kier alpha value is -2.71. The lowest BCUT2D eigenvalue weighted by Crippen LogP contribution is -2.40. The van der Waals surface area contributed by atoms with Crippen molar-refractivity contribution in [3.05, 3.63) is 35.7 Å². The summed E-state index contributed by atoms with van der Waals surface area (Å²) in [6, 6.07) is 4.80. The summed E-state index contributed by atoms with van der Waals surface area (Å²) >= 11 is 0. The predicted molar refractivity (Wildman–Crippen MR) is 89.7 cm³/mol. The molecule has 27 heavy (non-hydrogen) atoms. The van der Waals surface area contributed by atoms with E-state index in [0.717, 1.165) is 43.0 Å². The second kappa shape index (κ2) is 6.17. The molecule has 4 rings (SSSR count). The molecule has 1 aromatic heterocycles. The quantitative estimate of drug-likeness (QED) is 0.850. The Morgan fingerprint density at radius 1 is 1.19 bits per heavy atom. The van der Waals surface area contributed by atoms with Crippen LogP contribution in [0.4, 0.5) is 18.9 Å². The van der Waals surface area contributed by atoms with Crippen LogP contribution in [0.15, 0.2) is 24.4 Å². The van der Waals surface area contributed by atoms with Gasteiger partial charge in [-0.15, -0.1) is 0 Å². The summed E-state index contributed by atoms with van der Waals surface area (Å²) in [5.41, 5.74) is -1.43. The molecule has 2 aromatic rings. The van der Waals surface area contributed by atoms with Crippen LogP contribution in [0.2, 0.25) is 0 Å². The molecular formula is C18H18F3N3O3. The highest BCUT2D eigenvalue weighted by atomic mass is 19.4. The smallest absolute Gasteiger partial charge is 0.435 e. The van der Waals surface area contributed by atoms with Crippen molar-refractivity contribution in [2.75, 3.05) is 5.32 Å². The van der Waals surface area contributed by atoms with Crippen molar-refractivity contribution in [3.8, 4) is 11.5 Å². The first-order chi connectivity index (χ1) is 12.8. The highest BCUT2D eigenvalue weighted by molar-refractivity contribution is 6.05. The fourth-order valence-corrected chi connectivity index (χ4v) is 3.53. The van der Waals surface area contributed by atoms with Crippen LogP contribution in [-0.2, 0) is 13.2 Å². The lowest BCUT2D eigenvalue weighted by atomic mass is 9.94. The van der Waals surface area contributed by atoms with E-state index in [0.29, 0.717) is 17.2 Å². The number of halogens is 3. The van der Waals surface area contributed by atoms with Crippen LogP contribution in [0, 0.1) is 0 Å². The van der Waals surface area contributed by atoms with Gasteiger partial charge in [0.15, 0.2) is 17.2 Å². The fourth-order valence-electron chi connectivity index (χ4n) is 3.53. The molecule has 1 aliphatic heterocycles. The first-order valence-corrected chi connectivity index (χ1v) is 8.70. The van der Waals surface area contributed by atoms with E-state index in [-0.39, 0.29) is 0 Å². The number of anilines is 1. The van der Waals surface area contributed by atoms with Crippen LogP contribution in [0.3, 0.4) is 0 Å². The van der Waals surface area contributed by atoms with Gasteiger partial charge in [0.05, 0.1) is 5.56 Å². The number of aryl methyl sites for hydroxylation is 1. The van der Waals surface area contributed by atoms with Crippen molar-refractivity contribution in [2.24, 2.45) is 7.05 Å². The summed E-state index contributed by atoms with van der Waals surface area (Å²) in [6.07, 6.45) is 1.07. The zero-order chi connectivity index (χ0) is 19.2. The van der Waals surface area contributed by atoms with E-state index in [9.17, 15) is 18.0 Å². The maximum Gasteiger partial charge on any atom is 0.435 e. The maximum atomic E-state index is 13.1. The van der Waals surface area contributed by atoms with Gasteiger partial charge in [0.2, 0.25) is 0 Å². The highest BCUT2D eigenvalue weighted by Crippen LogP contribution is 2.46. The van der Waals surface area contributed by atoms with Gasteiger partial charge < -0.3 is 14.8 Å². The molecule has 0 bridgehead atoms. The molecule has 1 aliphatic carbocycles. The number of nitrogens with one attached hydrogen (secondary N) is 1. The Morgan fingerprint density at radius 2 is 1.89 bits per heavy atom. The molecule has 1 aromatic carbocycles. The number of carbonyl (C=O) groups is 1. The van der Waals surface area contributed by atoms with Crippen LogP contribution in [0.1, 0.15) is 48.2 Å². The topological polar surface area (TPSA) is 65.4 Å². The molecule has 144 valence electrons. The lowest BCUT2D eigenvalue weighted by molar-refractivity contribution is -0.141. The molecule has 1 fully saturated rings. The average Bonchev–Trinajstić information content (AvgIpc) is 3.15. The highest BCUT2D eigenvalue weighted by Gasteiger charge is 2.43. The molecule has 9 heteroatoms. The summed E-state index contributed by atoms with van der Waals surface area (Å²) in [5.74, 6) is -0.485. The molecule has 1 N–H and O–H groups in total. The molecular weight excluding hydrogens is 363 g/mol. The van der Waals surface area contributed by atoms with Gasteiger partial charge in [-0.2, -0.15) is 18.3 Å². The van der Waals surface area contributed by atoms with Gasteiger partial charge in [-0.1, -0.05) is 6.42 Å². The fraction of sp³-hybridized carbons (Fsp3) is 0.444. The number of nitrogens with zero attached hydrogens (tertiary/aromatic N) is 2. The molecule has 2 aliphatic rings. The van der Waals surface area contributed by atoms with Gasteiger partial charge in [0, 0.05) is 37.8 Å². The first-order valence-electron chi connectivity index (χ1n) is 8.70. The normalized spacial score (nSPS) is 17.9. The monoisotopic (exact) mass is 381 g/mol. The van der Waals surface area contributed by atoms with E-state index < -0.39 is 29.1 Å². The Labute approximate surface area is 153 Å². The van der Waals surface area contributed by atoms with Crippen LogP contribution in [0.5, 0.6) is 11.5 Å². The van der Waals surface area contributed by atoms with Gasteiger partial charge in [-0.25, -0.2) is 0 Å². The Morgan fingerprint density at radius 3 is 2.59 bits per heavy atom. The number of amides is 1. The summed E-state index contributed by atoms with van der Waals surface area (Å²) in [6.45, 7) is 0. The number of rotatable bonds is 2. The number of ether oxygens (including phenoxy) is 2. The minimum absolute atomic E-state index is 0.326. The third kappa shape index (κ3) is 3.33. The molecule has 0 saturated heterocycles. The van der Waals surface area contributed by atoms with E-state index in [1.165, 1.54) is 7.05 Å². The largest absolute Gasteiger partial charge is 0.448 e. The number of hydrogen-bond donors (Lipinski definition) is 1. The van der Waals surface area contributed by atoms with Gasteiger partial charge in [0.1, 0.15) is 0 Å². The third-order valence-corrected chi connectivity index (χ3v) is 4.75. The second-order valence-corrected chi connectivity index (χ2v) is 6.85. The molecule has 6 nitrogen and oxygen atoms in total. The minimum atomic E-state index is -4.71. The number of hydrogen-bond acceptors (Lipinski definition) is 4. The average molecular weight is 381 g/mol. The molecule has 0 atom stereocenters. The molecule has 1 amide bonds. The number of fused-ring (bicyclic) bond motifs is 1. The van der Waals surface area contributed by atoms with Crippen molar-refractivity contribution in [3.63, 3.8) is 0 Å². The van der Waals surface area contributed by atoms with Gasteiger partial charge in [0.25, 0.3) is 11.7 Å².